The van der Waals surface area contributed by atoms with E-state index in [1.807, 2.05) is 30.5 Å². The van der Waals surface area contributed by atoms with Gasteiger partial charge in [0.15, 0.2) is 0 Å². The van der Waals surface area contributed by atoms with Gasteiger partial charge in [0.1, 0.15) is 5.82 Å². The molecule has 3 aromatic rings. The highest BCUT2D eigenvalue weighted by molar-refractivity contribution is 5.90. The fraction of sp³-hybridized carbons (Fsp3) is 0.238. The number of halogens is 1. The van der Waals surface area contributed by atoms with Crippen LogP contribution >= 0.6 is 0 Å². The van der Waals surface area contributed by atoms with Crippen molar-refractivity contribution in [1.82, 2.24) is 14.8 Å². The molecular weight excluding hydrogens is 359 g/mol. The number of nitrogens with zero attached hydrogens (tertiary/aromatic N) is 2. The summed E-state index contributed by atoms with van der Waals surface area (Å²) in [6, 6.07) is 13.4. The summed E-state index contributed by atoms with van der Waals surface area (Å²) in [5.74, 6) is -0.347. The molecular formula is C21H21FN4O2. The average Bonchev–Trinajstić information content (AvgIpc) is 3.11. The molecule has 1 aliphatic rings. The van der Waals surface area contributed by atoms with E-state index < -0.39 is 5.82 Å². The van der Waals surface area contributed by atoms with Gasteiger partial charge in [-0.25, -0.2) is 9.18 Å². The number of para-hydroxylation sites is 1. The summed E-state index contributed by atoms with van der Waals surface area (Å²) in [6.45, 7) is 1.86. The number of rotatable bonds is 3. The molecule has 7 heteroatoms. The van der Waals surface area contributed by atoms with Gasteiger partial charge >= 0.3 is 6.03 Å². The Kier molecular flexibility index (Phi) is 4.97. The summed E-state index contributed by atoms with van der Waals surface area (Å²) in [6.07, 6.45) is 2.21. The molecule has 0 saturated carbocycles. The highest BCUT2D eigenvalue weighted by Gasteiger charge is 2.24. The highest BCUT2D eigenvalue weighted by Crippen LogP contribution is 2.19. The third kappa shape index (κ3) is 3.83. The molecule has 0 bridgehead atoms. The maximum absolute atomic E-state index is 13.2. The Bertz CT molecular complexity index is 1010. The SMILES string of the molecule is O=C(Cc1c[nH]c2ccccc12)N1CCN(C(=O)Nc2cccc(F)c2)CC1. The molecule has 0 aliphatic carbocycles. The van der Waals surface area contributed by atoms with Crippen LogP contribution in [0.25, 0.3) is 10.9 Å². The quantitative estimate of drug-likeness (QED) is 0.733. The number of urea groups is 1. The lowest BCUT2D eigenvalue weighted by Crippen LogP contribution is -2.52. The third-order valence-corrected chi connectivity index (χ3v) is 5.01. The number of hydrogen-bond donors (Lipinski definition) is 2. The fourth-order valence-corrected chi connectivity index (χ4v) is 3.48. The number of carbonyl (C=O) groups is 2. The maximum atomic E-state index is 13.2. The van der Waals surface area contributed by atoms with Crippen molar-refractivity contribution in [2.45, 2.75) is 6.42 Å². The van der Waals surface area contributed by atoms with Gasteiger partial charge in [0.25, 0.3) is 0 Å². The van der Waals surface area contributed by atoms with Gasteiger partial charge in [0, 0.05) is 49.0 Å². The van der Waals surface area contributed by atoms with Gasteiger partial charge in [-0.1, -0.05) is 24.3 Å². The van der Waals surface area contributed by atoms with Crippen LogP contribution in [0.5, 0.6) is 0 Å². The highest BCUT2D eigenvalue weighted by atomic mass is 19.1. The second-order valence-corrected chi connectivity index (χ2v) is 6.84. The van der Waals surface area contributed by atoms with Gasteiger partial charge in [0.2, 0.25) is 5.91 Å². The van der Waals surface area contributed by atoms with Crippen LogP contribution in [0, 0.1) is 5.82 Å². The van der Waals surface area contributed by atoms with Crippen LogP contribution in [0.2, 0.25) is 0 Å². The van der Waals surface area contributed by atoms with E-state index in [1.54, 1.807) is 21.9 Å². The lowest BCUT2D eigenvalue weighted by atomic mass is 10.1. The van der Waals surface area contributed by atoms with E-state index >= 15 is 0 Å². The minimum absolute atomic E-state index is 0.0509. The van der Waals surface area contributed by atoms with E-state index in [9.17, 15) is 14.0 Å². The van der Waals surface area contributed by atoms with Gasteiger partial charge < -0.3 is 20.1 Å². The van der Waals surface area contributed by atoms with E-state index in [0.29, 0.717) is 38.3 Å². The Balaban J connectivity index is 1.32. The average molecular weight is 380 g/mol. The zero-order valence-corrected chi connectivity index (χ0v) is 15.3. The van der Waals surface area contributed by atoms with Gasteiger partial charge in [-0.3, -0.25) is 4.79 Å². The van der Waals surface area contributed by atoms with Gasteiger partial charge in [0.05, 0.1) is 6.42 Å². The molecule has 0 spiro atoms. The first-order valence-electron chi connectivity index (χ1n) is 9.24. The molecule has 2 aromatic carbocycles. The van der Waals surface area contributed by atoms with Crippen molar-refractivity contribution in [1.29, 1.82) is 0 Å². The van der Waals surface area contributed by atoms with E-state index in [1.165, 1.54) is 12.1 Å². The van der Waals surface area contributed by atoms with E-state index in [4.69, 9.17) is 0 Å². The summed E-state index contributed by atoms with van der Waals surface area (Å²) in [4.78, 5) is 31.6. The van der Waals surface area contributed by atoms with Crippen molar-refractivity contribution >= 4 is 28.5 Å². The lowest BCUT2D eigenvalue weighted by molar-refractivity contribution is -0.131. The molecule has 2 N–H and O–H groups in total. The summed E-state index contributed by atoms with van der Waals surface area (Å²) in [7, 11) is 0. The number of fused-ring (bicyclic) bond motifs is 1. The topological polar surface area (TPSA) is 68.4 Å². The van der Waals surface area contributed by atoms with E-state index in [0.717, 1.165) is 16.5 Å². The fourth-order valence-electron chi connectivity index (χ4n) is 3.48. The third-order valence-electron chi connectivity index (χ3n) is 5.01. The lowest BCUT2D eigenvalue weighted by Gasteiger charge is -2.34. The largest absolute Gasteiger partial charge is 0.361 e. The van der Waals surface area contributed by atoms with Crippen molar-refractivity contribution in [2.75, 3.05) is 31.5 Å². The number of carbonyl (C=O) groups excluding carboxylic acids is 2. The van der Waals surface area contributed by atoms with Crippen LogP contribution in [0.3, 0.4) is 0 Å². The molecule has 0 unspecified atom stereocenters. The number of aromatic amines is 1. The molecule has 1 saturated heterocycles. The number of hydrogen-bond acceptors (Lipinski definition) is 2. The Morgan fingerprint density at radius 3 is 2.54 bits per heavy atom. The first-order chi connectivity index (χ1) is 13.6. The van der Waals surface area contributed by atoms with Crippen LogP contribution in [-0.4, -0.2) is 52.9 Å². The molecule has 2 heterocycles. The van der Waals surface area contributed by atoms with Crippen LogP contribution in [0.4, 0.5) is 14.9 Å². The molecule has 4 rings (SSSR count). The van der Waals surface area contributed by atoms with Crippen LogP contribution < -0.4 is 5.32 Å². The van der Waals surface area contributed by atoms with Crippen LogP contribution in [0.1, 0.15) is 5.56 Å². The summed E-state index contributed by atoms with van der Waals surface area (Å²) >= 11 is 0. The predicted octanol–water partition coefficient (Wildman–Crippen LogP) is 3.23. The number of aromatic nitrogens is 1. The monoisotopic (exact) mass is 380 g/mol. The number of H-pyrrole nitrogens is 1. The minimum Gasteiger partial charge on any atom is -0.361 e. The van der Waals surface area contributed by atoms with Gasteiger partial charge in [-0.15, -0.1) is 0 Å². The standard InChI is InChI=1S/C21H21FN4O2/c22-16-4-3-5-17(13-16)24-21(28)26-10-8-25(9-11-26)20(27)12-15-14-23-19-7-2-1-6-18(15)19/h1-7,13-14,23H,8-12H2,(H,24,28). The predicted molar refractivity (Wildman–Crippen MR) is 106 cm³/mol. The molecule has 1 aromatic heterocycles. The molecule has 28 heavy (non-hydrogen) atoms. The van der Waals surface area contributed by atoms with Crippen LogP contribution in [0.15, 0.2) is 54.7 Å². The molecule has 1 fully saturated rings. The van der Waals surface area contributed by atoms with Crippen LogP contribution in [-0.2, 0) is 11.2 Å². The second-order valence-electron chi connectivity index (χ2n) is 6.84. The molecule has 0 radical (unpaired) electrons. The van der Waals surface area contributed by atoms with Crippen molar-refractivity contribution in [3.63, 3.8) is 0 Å². The molecule has 0 atom stereocenters. The Labute approximate surface area is 161 Å². The molecule has 144 valence electrons. The van der Waals surface area contributed by atoms with Crippen molar-refractivity contribution < 1.29 is 14.0 Å². The zero-order chi connectivity index (χ0) is 19.5. The summed E-state index contributed by atoms with van der Waals surface area (Å²) in [5.41, 5.74) is 2.42. The number of benzene rings is 2. The zero-order valence-electron chi connectivity index (χ0n) is 15.3. The first-order valence-corrected chi connectivity index (χ1v) is 9.24. The van der Waals surface area contributed by atoms with Crippen molar-refractivity contribution in [3.8, 4) is 0 Å². The molecule has 6 nitrogen and oxygen atoms in total. The summed E-state index contributed by atoms with van der Waals surface area (Å²) < 4.78 is 13.2. The van der Waals surface area contributed by atoms with Gasteiger partial charge in [-0.05, 0) is 29.8 Å². The second kappa shape index (κ2) is 7.72. The number of amides is 3. The normalized spacial score (nSPS) is 14.3. The Morgan fingerprint density at radius 2 is 1.75 bits per heavy atom. The van der Waals surface area contributed by atoms with Crippen molar-refractivity contribution in [3.05, 3.63) is 66.1 Å². The first kappa shape index (κ1) is 18.0. The Morgan fingerprint density at radius 1 is 1.00 bits per heavy atom. The maximum Gasteiger partial charge on any atom is 0.321 e. The van der Waals surface area contributed by atoms with Gasteiger partial charge in [-0.2, -0.15) is 0 Å². The summed E-state index contributed by atoms with van der Waals surface area (Å²) in [5, 5.41) is 3.75. The number of nitrogens with one attached hydrogen (secondary N) is 2. The smallest absolute Gasteiger partial charge is 0.321 e. The number of piperazine rings is 1. The molecule has 3 amide bonds. The Hall–Kier alpha value is -3.35. The van der Waals surface area contributed by atoms with E-state index in [2.05, 4.69) is 10.3 Å². The van der Waals surface area contributed by atoms with Crippen molar-refractivity contribution in [2.24, 2.45) is 0 Å². The van der Waals surface area contributed by atoms with E-state index in [-0.39, 0.29) is 11.9 Å². The molecule has 1 aliphatic heterocycles. The number of anilines is 1. The minimum atomic E-state index is -0.398.